The van der Waals surface area contributed by atoms with Crippen LogP contribution in [0.1, 0.15) is 0 Å². The molecule has 158 valence electrons. The van der Waals surface area contributed by atoms with Gasteiger partial charge in [0, 0.05) is 11.1 Å². The molecule has 3 rings (SSSR count). The van der Waals surface area contributed by atoms with Crippen LogP contribution >= 0.6 is 0 Å². The van der Waals surface area contributed by atoms with Crippen LogP contribution in [0.15, 0.2) is 18.2 Å². The minimum Gasteiger partial charge on any atom is -0.507 e. The molecule has 0 unspecified atom stereocenters. The van der Waals surface area contributed by atoms with Gasteiger partial charge >= 0.3 is 0 Å². The van der Waals surface area contributed by atoms with Crippen LogP contribution in [0.25, 0.3) is 22.3 Å². The van der Waals surface area contributed by atoms with E-state index in [0.29, 0.717) is 0 Å². The zero-order chi connectivity index (χ0) is 22.5. The smallest absolute Gasteiger partial charge is 0.222 e. The summed E-state index contributed by atoms with van der Waals surface area (Å²) in [4.78, 5) is 3.98. The molecule has 11 N–H and O–H groups in total. The SMILES string of the molecule is OOc1c(O)c(O)c(O)c(O)c1-c1cccc(O)c1-c1c(O)c(O)c(O)c(O)c1O. The summed E-state index contributed by atoms with van der Waals surface area (Å²) in [5.41, 5.74) is -2.64. The molecule has 0 radical (unpaired) electrons. The van der Waals surface area contributed by atoms with Crippen LogP contribution in [0, 0.1) is 0 Å². The van der Waals surface area contributed by atoms with Gasteiger partial charge in [-0.3, -0.25) is 0 Å². The molecule has 12 nitrogen and oxygen atoms in total. The zero-order valence-electron chi connectivity index (χ0n) is 14.6. The molecule has 0 spiro atoms. The minimum atomic E-state index is -1.27. The summed E-state index contributed by atoms with van der Waals surface area (Å²) in [6, 6.07) is 3.28. The van der Waals surface area contributed by atoms with Crippen molar-refractivity contribution < 1.29 is 61.2 Å². The lowest BCUT2D eigenvalue weighted by Crippen LogP contribution is -1.95. The molecule has 0 atom stereocenters. The fraction of sp³-hybridized carbons (Fsp3) is 0. The van der Waals surface area contributed by atoms with Crippen molar-refractivity contribution in [3.63, 3.8) is 0 Å². The maximum absolute atomic E-state index is 10.3. The lowest BCUT2D eigenvalue weighted by Gasteiger charge is -2.19. The monoisotopic (exact) mass is 422 g/mol. The number of rotatable bonds is 3. The number of benzene rings is 3. The van der Waals surface area contributed by atoms with E-state index in [9.17, 15) is 51.1 Å². The van der Waals surface area contributed by atoms with E-state index >= 15 is 0 Å². The second-order valence-corrected chi connectivity index (χ2v) is 6.01. The van der Waals surface area contributed by atoms with Gasteiger partial charge in [-0.15, -0.1) is 0 Å². The summed E-state index contributed by atoms with van der Waals surface area (Å²) >= 11 is 0. The largest absolute Gasteiger partial charge is 0.507 e. The van der Waals surface area contributed by atoms with Gasteiger partial charge in [0.2, 0.25) is 40.2 Å². The summed E-state index contributed by atoms with van der Waals surface area (Å²) in [5, 5.41) is 109. The van der Waals surface area contributed by atoms with E-state index in [1.54, 1.807) is 0 Å². The number of hydrogen-bond acceptors (Lipinski definition) is 12. The number of hydrogen-bond donors (Lipinski definition) is 11. The molecule has 3 aromatic carbocycles. The van der Waals surface area contributed by atoms with Gasteiger partial charge in [-0.25, -0.2) is 5.26 Å². The highest BCUT2D eigenvalue weighted by Crippen LogP contribution is 2.61. The second kappa shape index (κ2) is 6.79. The first kappa shape index (κ1) is 20.2. The van der Waals surface area contributed by atoms with Crippen LogP contribution in [-0.4, -0.2) is 56.3 Å². The second-order valence-electron chi connectivity index (χ2n) is 6.01. The number of phenolic OH excluding ortho intramolecular Hbond substituents is 10. The molecule has 0 heterocycles. The molecule has 0 saturated carbocycles. The Morgan fingerprint density at radius 2 is 0.900 bits per heavy atom. The van der Waals surface area contributed by atoms with Crippen molar-refractivity contribution in [2.24, 2.45) is 0 Å². The molecule has 12 heteroatoms. The molecule has 0 aliphatic rings. The Morgan fingerprint density at radius 3 is 1.40 bits per heavy atom. The van der Waals surface area contributed by atoms with Crippen LogP contribution in [-0.2, 0) is 0 Å². The Hall–Kier alpha value is -4.58. The first-order valence-electron chi connectivity index (χ1n) is 7.87. The van der Waals surface area contributed by atoms with Crippen LogP contribution in [0.2, 0.25) is 0 Å². The van der Waals surface area contributed by atoms with Crippen molar-refractivity contribution in [3.05, 3.63) is 18.2 Å². The van der Waals surface area contributed by atoms with Crippen molar-refractivity contribution in [3.8, 4) is 85.5 Å². The lowest BCUT2D eigenvalue weighted by molar-refractivity contribution is -0.138. The standard InChI is InChI=1S/C18H14O12/c19-5-3-1-2-4(7-9(20)12(23)16(27)17(28)18(7)30-29)6(5)8-10(21)13(24)15(26)14(25)11(8)22/h1-3,19-29H. The van der Waals surface area contributed by atoms with Gasteiger partial charge < -0.3 is 56.0 Å². The zero-order valence-corrected chi connectivity index (χ0v) is 14.6. The summed E-state index contributed by atoms with van der Waals surface area (Å²) < 4.78 is 0. The Labute approximate surface area is 165 Å². The van der Waals surface area contributed by atoms with Crippen molar-refractivity contribution in [2.45, 2.75) is 0 Å². The van der Waals surface area contributed by atoms with Gasteiger partial charge in [-0.2, -0.15) is 0 Å². The topological polar surface area (TPSA) is 232 Å². The Kier molecular flexibility index (Phi) is 4.56. The average Bonchev–Trinajstić information content (AvgIpc) is 2.73. The maximum atomic E-state index is 10.3. The van der Waals surface area contributed by atoms with Crippen molar-refractivity contribution in [2.75, 3.05) is 0 Å². The van der Waals surface area contributed by atoms with E-state index in [4.69, 9.17) is 5.26 Å². The molecule has 30 heavy (non-hydrogen) atoms. The lowest BCUT2D eigenvalue weighted by atomic mass is 9.90. The molecule has 0 amide bonds. The number of aromatic hydroxyl groups is 10. The highest BCUT2D eigenvalue weighted by atomic mass is 17.1. The van der Waals surface area contributed by atoms with Crippen molar-refractivity contribution in [1.82, 2.24) is 0 Å². The van der Waals surface area contributed by atoms with Gasteiger partial charge in [0.05, 0.1) is 11.1 Å². The minimum absolute atomic E-state index is 0.447. The molecule has 0 aliphatic carbocycles. The number of phenols is 10. The van der Waals surface area contributed by atoms with Crippen LogP contribution in [0.5, 0.6) is 63.2 Å². The Morgan fingerprint density at radius 1 is 0.467 bits per heavy atom. The highest BCUT2D eigenvalue weighted by molar-refractivity contribution is 5.99. The fourth-order valence-corrected chi connectivity index (χ4v) is 2.95. The van der Waals surface area contributed by atoms with E-state index in [2.05, 4.69) is 4.89 Å². The maximum Gasteiger partial charge on any atom is 0.222 e. The van der Waals surface area contributed by atoms with Crippen molar-refractivity contribution >= 4 is 0 Å². The Balaban J connectivity index is 2.54. The summed E-state index contributed by atoms with van der Waals surface area (Å²) in [7, 11) is 0. The normalized spacial score (nSPS) is 10.8. The van der Waals surface area contributed by atoms with Crippen LogP contribution < -0.4 is 4.89 Å². The third-order valence-corrected chi connectivity index (χ3v) is 4.38. The van der Waals surface area contributed by atoms with Gasteiger partial charge in [0.15, 0.2) is 17.2 Å². The summed E-state index contributed by atoms with van der Waals surface area (Å²) in [6.07, 6.45) is 0. The molecular formula is C18H14O12. The quantitative estimate of drug-likeness (QED) is 0.126. The highest BCUT2D eigenvalue weighted by Gasteiger charge is 2.32. The molecule has 0 aromatic heterocycles. The molecule has 0 fully saturated rings. The van der Waals surface area contributed by atoms with Crippen molar-refractivity contribution in [1.29, 1.82) is 0 Å². The molecule has 0 bridgehead atoms. The molecule has 3 aromatic rings. The first-order chi connectivity index (χ1) is 14.0. The Bertz CT molecular complexity index is 1160. The van der Waals surface area contributed by atoms with E-state index in [1.807, 2.05) is 0 Å². The van der Waals surface area contributed by atoms with E-state index in [0.717, 1.165) is 12.1 Å². The van der Waals surface area contributed by atoms with Gasteiger partial charge in [0.1, 0.15) is 5.75 Å². The predicted molar refractivity (Wildman–Crippen MR) is 97.2 cm³/mol. The van der Waals surface area contributed by atoms with Crippen LogP contribution in [0.4, 0.5) is 0 Å². The fourth-order valence-electron chi connectivity index (χ4n) is 2.95. The predicted octanol–water partition coefficient (Wildman–Crippen LogP) is 1.93. The van der Waals surface area contributed by atoms with Crippen LogP contribution in [0.3, 0.4) is 0 Å². The summed E-state index contributed by atoms with van der Waals surface area (Å²) in [6.45, 7) is 0. The van der Waals surface area contributed by atoms with E-state index in [-0.39, 0.29) is 0 Å². The van der Waals surface area contributed by atoms with Gasteiger partial charge in [-0.1, -0.05) is 12.1 Å². The first-order valence-corrected chi connectivity index (χ1v) is 7.87. The van der Waals surface area contributed by atoms with Gasteiger partial charge in [-0.05, 0) is 6.07 Å². The van der Waals surface area contributed by atoms with Gasteiger partial charge in [0.25, 0.3) is 0 Å². The molecule has 0 aliphatic heterocycles. The third kappa shape index (κ3) is 2.59. The molecular weight excluding hydrogens is 408 g/mol. The summed E-state index contributed by atoms with van der Waals surface area (Å²) in [5.74, 6) is -12.8. The third-order valence-electron chi connectivity index (χ3n) is 4.38. The molecule has 0 saturated heterocycles. The van der Waals surface area contributed by atoms with E-state index < -0.39 is 85.5 Å². The average molecular weight is 422 g/mol. The van der Waals surface area contributed by atoms with E-state index in [1.165, 1.54) is 6.07 Å².